The molecule has 1 rings (SSSR count). The van der Waals surface area contributed by atoms with Crippen molar-refractivity contribution < 1.29 is 5.11 Å². The van der Waals surface area contributed by atoms with Crippen LogP contribution >= 0.6 is 0 Å². The molecule has 0 saturated heterocycles. The second-order valence-corrected chi connectivity index (χ2v) is 3.26. The standard InChI is InChI=1S/C11H14N2O/c1-7(2)5-11(14)8(3)10-6-12-13-9(10)4/h5-6,14H,1,3H2,2,4H3,(H,12,13)/b11-5+. The maximum atomic E-state index is 9.64. The zero-order chi connectivity index (χ0) is 10.7. The molecule has 0 aliphatic rings. The number of rotatable bonds is 3. The summed E-state index contributed by atoms with van der Waals surface area (Å²) < 4.78 is 0. The van der Waals surface area contributed by atoms with E-state index in [1.54, 1.807) is 12.3 Å². The monoisotopic (exact) mass is 190 g/mol. The molecule has 3 heteroatoms. The molecule has 14 heavy (non-hydrogen) atoms. The highest BCUT2D eigenvalue weighted by Crippen LogP contribution is 2.21. The molecule has 0 aromatic carbocycles. The van der Waals surface area contributed by atoms with Crippen molar-refractivity contribution >= 4 is 5.57 Å². The summed E-state index contributed by atoms with van der Waals surface area (Å²) in [7, 11) is 0. The summed E-state index contributed by atoms with van der Waals surface area (Å²) in [6.07, 6.45) is 3.22. The number of nitrogens with one attached hydrogen (secondary N) is 1. The molecule has 0 amide bonds. The van der Waals surface area contributed by atoms with Crippen LogP contribution in [-0.4, -0.2) is 15.3 Å². The van der Waals surface area contributed by atoms with Gasteiger partial charge in [0, 0.05) is 16.8 Å². The highest BCUT2D eigenvalue weighted by atomic mass is 16.3. The Morgan fingerprint density at radius 2 is 2.21 bits per heavy atom. The summed E-state index contributed by atoms with van der Waals surface area (Å²) in [4.78, 5) is 0. The van der Waals surface area contributed by atoms with Gasteiger partial charge in [-0.05, 0) is 19.9 Å². The molecule has 74 valence electrons. The summed E-state index contributed by atoms with van der Waals surface area (Å²) in [5, 5.41) is 16.3. The molecule has 0 saturated carbocycles. The third kappa shape index (κ3) is 2.13. The smallest absolute Gasteiger partial charge is 0.123 e. The van der Waals surface area contributed by atoms with Crippen LogP contribution in [0.2, 0.25) is 0 Å². The van der Waals surface area contributed by atoms with Crippen molar-refractivity contribution in [3.05, 3.63) is 48.0 Å². The van der Waals surface area contributed by atoms with Gasteiger partial charge in [0.25, 0.3) is 0 Å². The van der Waals surface area contributed by atoms with Gasteiger partial charge in [-0.25, -0.2) is 0 Å². The van der Waals surface area contributed by atoms with Crippen molar-refractivity contribution in [2.24, 2.45) is 0 Å². The molecule has 0 bridgehead atoms. The Morgan fingerprint density at radius 3 is 2.64 bits per heavy atom. The normalized spacial score (nSPS) is 11.4. The van der Waals surface area contributed by atoms with E-state index in [0.29, 0.717) is 5.57 Å². The van der Waals surface area contributed by atoms with Gasteiger partial charge in [0.05, 0.1) is 6.20 Å². The predicted molar refractivity (Wildman–Crippen MR) is 57.9 cm³/mol. The SMILES string of the molecule is C=C(C)/C=C(/O)C(=C)c1cn[nH]c1C. The third-order valence-electron chi connectivity index (χ3n) is 1.85. The maximum Gasteiger partial charge on any atom is 0.123 e. The fraction of sp³-hybridized carbons (Fsp3) is 0.182. The van der Waals surface area contributed by atoms with Gasteiger partial charge in [-0.2, -0.15) is 5.10 Å². The molecule has 0 fully saturated rings. The van der Waals surface area contributed by atoms with Crippen LogP contribution in [0.3, 0.4) is 0 Å². The van der Waals surface area contributed by atoms with E-state index < -0.39 is 0 Å². The van der Waals surface area contributed by atoms with Gasteiger partial charge >= 0.3 is 0 Å². The van der Waals surface area contributed by atoms with Gasteiger partial charge in [-0.15, -0.1) is 0 Å². The lowest BCUT2D eigenvalue weighted by molar-refractivity contribution is 0.437. The van der Waals surface area contributed by atoms with Crippen LogP contribution in [0.15, 0.2) is 36.8 Å². The van der Waals surface area contributed by atoms with Crippen LogP contribution in [0.25, 0.3) is 5.57 Å². The Balaban J connectivity index is 2.97. The number of aromatic amines is 1. The second-order valence-electron chi connectivity index (χ2n) is 3.26. The van der Waals surface area contributed by atoms with Crippen molar-refractivity contribution in [3.8, 4) is 0 Å². The number of hydrogen-bond donors (Lipinski definition) is 2. The summed E-state index contributed by atoms with van der Waals surface area (Å²) in [6.45, 7) is 11.2. The van der Waals surface area contributed by atoms with E-state index in [9.17, 15) is 5.11 Å². The number of aliphatic hydroxyl groups excluding tert-OH is 1. The molecule has 1 aromatic rings. The van der Waals surface area contributed by atoms with E-state index in [1.807, 2.05) is 13.8 Å². The molecule has 3 nitrogen and oxygen atoms in total. The Morgan fingerprint density at radius 1 is 1.57 bits per heavy atom. The van der Waals surface area contributed by atoms with Crippen molar-refractivity contribution in [3.63, 3.8) is 0 Å². The van der Waals surface area contributed by atoms with E-state index in [1.165, 1.54) is 0 Å². The van der Waals surface area contributed by atoms with Gasteiger partial charge in [-0.3, -0.25) is 5.10 Å². The van der Waals surface area contributed by atoms with Gasteiger partial charge in [0.1, 0.15) is 5.76 Å². The lowest BCUT2D eigenvalue weighted by atomic mass is 10.1. The first kappa shape index (κ1) is 10.3. The fourth-order valence-corrected chi connectivity index (χ4v) is 1.11. The van der Waals surface area contributed by atoms with Gasteiger partial charge in [-0.1, -0.05) is 18.7 Å². The molecule has 0 aliphatic carbocycles. The summed E-state index contributed by atoms with van der Waals surface area (Å²) in [6, 6.07) is 0. The number of nitrogens with zero attached hydrogens (tertiary/aromatic N) is 1. The maximum absolute atomic E-state index is 9.64. The number of H-pyrrole nitrogens is 1. The topological polar surface area (TPSA) is 48.9 Å². The minimum Gasteiger partial charge on any atom is -0.507 e. The Bertz CT molecular complexity index is 399. The van der Waals surface area contributed by atoms with Gasteiger partial charge in [0.2, 0.25) is 0 Å². The lowest BCUT2D eigenvalue weighted by Gasteiger charge is -2.03. The first-order chi connectivity index (χ1) is 6.52. The Labute approximate surface area is 83.5 Å². The van der Waals surface area contributed by atoms with Crippen molar-refractivity contribution in [1.29, 1.82) is 0 Å². The predicted octanol–water partition coefficient (Wildman–Crippen LogP) is 2.75. The van der Waals surface area contributed by atoms with Crippen molar-refractivity contribution in [1.82, 2.24) is 10.2 Å². The first-order valence-corrected chi connectivity index (χ1v) is 4.28. The van der Waals surface area contributed by atoms with Crippen LogP contribution in [-0.2, 0) is 0 Å². The van der Waals surface area contributed by atoms with Crippen LogP contribution in [0.5, 0.6) is 0 Å². The van der Waals surface area contributed by atoms with Crippen LogP contribution in [0, 0.1) is 6.92 Å². The number of hydrogen-bond acceptors (Lipinski definition) is 2. The molecule has 1 heterocycles. The third-order valence-corrected chi connectivity index (χ3v) is 1.85. The van der Waals surface area contributed by atoms with E-state index >= 15 is 0 Å². The van der Waals surface area contributed by atoms with Crippen molar-refractivity contribution in [2.45, 2.75) is 13.8 Å². The lowest BCUT2D eigenvalue weighted by Crippen LogP contribution is -1.88. The number of aromatic nitrogens is 2. The average molecular weight is 190 g/mol. The quantitative estimate of drug-likeness (QED) is 0.568. The Hall–Kier alpha value is -1.77. The first-order valence-electron chi connectivity index (χ1n) is 4.28. The van der Waals surface area contributed by atoms with E-state index in [2.05, 4.69) is 23.4 Å². The van der Waals surface area contributed by atoms with Crippen LogP contribution in [0.1, 0.15) is 18.2 Å². The van der Waals surface area contributed by atoms with E-state index in [0.717, 1.165) is 16.8 Å². The minimum atomic E-state index is 0.127. The number of aryl methyl sites for hydroxylation is 1. The number of allylic oxidation sites excluding steroid dienone is 3. The van der Waals surface area contributed by atoms with Crippen molar-refractivity contribution in [2.75, 3.05) is 0 Å². The molecule has 0 atom stereocenters. The molecule has 0 aliphatic heterocycles. The molecular formula is C11H14N2O. The average Bonchev–Trinajstić information content (AvgIpc) is 2.48. The largest absolute Gasteiger partial charge is 0.507 e. The van der Waals surface area contributed by atoms with Gasteiger partial charge < -0.3 is 5.11 Å². The highest BCUT2D eigenvalue weighted by molar-refractivity contribution is 5.76. The zero-order valence-electron chi connectivity index (χ0n) is 8.46. The summed E-state index contributed by atoms with van der Waals surface area (Å²) in [5.74, 6) is 0.127. The van der Waals surface area contributed by atoms with E-state index in [-0.39, 0.29) is 5.76 Å². The Kier molecular flexibility index (Phi) is 2.92. The van der Waals surface area contributed by atoms with Gasteiger partial charge in [0.15, 0.2) is 0 Å². The second kappa shape index (κ2) is 3.96. The molecule has 0 spiro atoms. The highest BCUT2D eigenvalue weighted by Gasteiger charge is 2.08. The molecular weight excluding hydrogens is 176 g/mol. The minimum absolute atomic E-state index is 0.127. The summed E-state index contributed by atoms with van der Waals surface area (Å²) in [5.41, 5.74) is 3.04. The molecule has 1 aromatic heterocycles. The fourth-order valence-electron chi connectivity index (χ4n) is 1.11. The summed E-state index contributed by atoms with van der Waals surface area (Å²) >= 11 is 0. The zero-order valence-corrected chi connectivity index (χ0v) is 8.46. The molecule has 0 radical (unpaired) electrons. The van der Waals surface area contributed by atoms with Crippen LogP contribution < -0.4 is 0 Å². The molecule has 0 unspecified atom stereocenters. The van der Waals surface area contributed by atoms with Crippen LogP contribution in [0.4, 0.5) is 0 Å². The van der Waals surface area contributed by atoms with E-state index in [4.69, 9.17) is 0 Å². The molecule has 2 N–H and O–H groups in total. The number of aliphatic hydroxyl groups is 1.